The second-order valence-corrected chi connectivity index (χ2v) is 5.95. The van der Waals surface area contributed by atoms with Crippen molar-refractivity contribution in [1.82, 2.24) is 5.32 Å². The summed E-state index contributed by atoms with van der Waals surface area (Å²) in [6.45, 7) is 0.183. The molecular weight excluding hydrogens is 234 g/mol. The molecule has 1 N–H and O–H groups in total. The van der Waals surface area contributed by atoms with E-state index in [0.29, 0.717) is 6.42 Å². The lowest BCUT2D eigenvalue weighted by Gasteiger charge is -2.08. The van der Waals surface area contributed by atoms with Crippen molar-refractivity contribution in [3.63, 3.8) is 0 Å². The summed E-state index contributed by atoms with van der Waals surface area (Å²) in [5.74, 6) is -1.19. The van der Waals surface area contributed by atoms with Crippen LogP contribution in [0.15, 0.2) is 0 Å². The molecule has 1 fully saturated rings. The van der Waals surface area contributed by atoms with Crippen LogP contribution in [-0.2, 0) is 24.2 Å². The van der Waals surface area contributed by atoms with Crippen molar-refractivity contribution in [2.45, 2.75) is 12.8 Å². The van der Waals surface area contributed by atoms with Gasteiger partial charge in [0.2, 0.25) is 5.91 Å². The minimum Gasteiger partial charge on any atom is -0.469 e. The van der Waals surface area contributed by atoms with Crippen LogP contribution in [0.1, 0.15) is 12.8 Å². The SMILES string of the molecule is COC(=O)CCNC(=O)C1CCS(=O)(=O)C1. The molecule has 6 nitrogen and oxygen atoms in total. The van der Waals surface area contributed by atoms with Crippen LogP contribution in [0.2, 0.25) is 0 Å². The largest absolute Gasteiger partial charge is 0.469 e. The van der Waals surface area contributed by atoms with Gasteiger partial charge in [0, 0.05) is 6.54 Å². The number of sulfone groups is 1. The van der Waals surface area contributed by atoms with Gasteiger partial charge in [-0.05, 0) is 6.42 Å². The molecule has 0 radical (unpaired) electrons. The molecule has 1 rings (SSSR count). The maximum Gasteiger partial charge on any atom is 0.307 e. The lowest BCUT2D eigenvalue weighted by molar-refractivity contribution is -0.140. The van der Waals surface area contributed by atoms with E-state index >= 15 is 0 Å². The Bertz CT molecular complexity index is 375. The van der Waals surface area contributed by atoms with E-state index in [0.717, 1.165) is 0 Å². The topological polar surface area (TPSA) is 89.5 Å². The fourth-order valence-electron chi connectivity index (χ4n) is 1.54. The average Bonchev–Trinajstić information content (AvgIpc) is 2.58. The Morgan fingerprint density at radius 2 is 2.12 bits per heavy atom. The summed E-state index contributed by atoms with van der Waals surface area (Å²) in [7, 11) is -1.77. The van der Waals surface area contributed by atoms with Crippen LogP contribution in [0.25, 0.3) is 0 Å². The fourth-order valence-corrected chi connectivity index (χ4v) is 3.28. The second kappa shape index (κ2) is 5.29. The highest BCUT2D eigenvalue weighted by atomic mass is 32.2. The van der Waals surface area contributed by atoms with Crippen molar-refractivity contribution >= 4 is 21.7 Å². The summed E-state index contributed by atoms with van der Waals surface area (Å²) in [4.78, 5) is 22.2. The number of nitrogens with one attached hydrogen (secondary N) is 1. The normalized spacial score (nSPS) is 22.7. The first kappa shape index (κ1) is 13.0. The maximum absolute atomic E-state index is 11.5. The first-order valence-corrected chi connectivity index (χ1v) is 6.81. The molecule has 7 heteroatoms. The number of amides is 1. The Hall–Kier alpha value is -1.11. The van der Waals surface area contributed by atoms with Gasteiger partial charge in [-0.1, -0.05) is 0 Å². The van der Waals surface area contributed by atoms with Crippen LogP contribution in [0.3, 0.4) is 0 Å². The molecule has 0 aliphatic carbocycles. The van der Waals surface area contributed by atoms with Crippen molar-refractivity contribution in [2.24, 2.45) is 5.92 Å². The van der Waals surface area contributed by atoms with Gasteiger partial charge >= 0.3 is 5.97 Å². The third-order valence-corrected chi connectivity index (χ3v) is 4.23. The number of carbonyl (C=O) groups excluding carboxylic acids is 2. The van der Waals surface area contributed by atoms with Crippen LogP contribution >= 0.6 is 0 Å². The van der Waals surface area contributed by atoms with E-state index in [9.17, 15) is 18.0 Å². The minimum absolute atomic E-state index is 0.0715. The maximum atomic E-state index is 11.5. The van der Waals surface area contributed by atoms with E-state index < -0.39 is 21.7 Å². The number of esters is 1. The van der Waals surface area contributed by atoms with Crippen LogP contribution in [0, 0.1) is 5.92 Å². The van der Waals surface area contributed by atoms with Crippen molar-refractivity contribution in [2.75, 3.05) is 25.2 Å². The van der Waals surface area contributed by atoms with Crippen molar-refractivity contribution in [1.29, 1.82) is 0 Å². The second-order valence-electron chi connectivity index (χ2n) is 3.72. The van der Waals surface area contributed by atoms with Crippen LogP contribution in [0.4, 0.5) is 0 Å². The highest BCUT2D eigenvalue weighted by molar-refractivity contribution is 7.91. The number of rotatable bonds is 4. The summed E-state index contributed by atoms with van der Waals surface area (Å²) in [5.41, 5.74) is 0. The van der Waals surface area contributed by atoms with Gasteiger partial charge in [0.1, 0.15) is 0 Å². The summed E-state index contributed by atoms with van der Waals surface area (Å²) in [6, 6.07) is 0. The van der Waals surface area contributed by atoms with Gasteiger partial charge in [-0.15, -0.1) is 0 Å². The first-order valence-electron chi connectivity index (χ1n) is 4.99. The minimum atomic E-state index is -3.04. The number of ether oxygens (including phenoxy) is 1. The monoisotopic (exact) mass is 249 g/mol. The zero-order valence-corrected chi connectivity index (χ0v) is 9.88. The van der Waals surface area contributed by atoms with Gasteiger partial charge in [-0.3, -0.25) is 9.59 Å². The molecule has 1 aliphatic rings. The third kappa shape index (κ3) is 3.80. The van der Waals surface area contributed by atoms with Crippen molar-refractivity contribution < 1.29 is 22.7 Å². The average molecular weight is 249 g/mol. The molecule has 0 aromatic heterocycles. The van der Waals surface area contributed by atoms with E-state index in [1.807, 2.05) is 0 Å². The Labute approximate surface area is 94.3 Å². The number of methoxy groups -OCH3 is 1. The molecule has 0 bridgehead atoms. The van der Waals surface area contributed by atoms with Crippen LogP contribution < -0.4 is 5.32 Å². The lowest BCUT2D eigenvalue weighted by Crippen LogP contribution is -2.33. The Morgan fingerprint density at radius 1 is 1.44 bits per heavy atom. The zero-order chi connectivity index (χ0) is 12.2. The number of hydrogen-bond donors (Lipinski definition) is 1. The van der Waals surface area contributed by atoms with Gasteiger partial charge in [0.05, 0.1) is 31.0 Å². The van der Waals surface area contributed by atoms with Crippen LogP contribution in [0.5, 0.6) is 0 Å². The zero-order valence-electron chi connectivity index (χ0n) is 9.06. The molecule has 1 amide bonds. The van der Waals surface area contributed by atoms with Crippen molar-refractivity contribution in [3.8, 4) is 0 Å². The number of carbonyl (C=O) groups is 2. The molecule has 1 saturated heterocycles. The Morgan fingerprint density at radius 3 is 2.62 bits per heavy atom. The lowest BCUT2D eigenvalue weighted by atomic mass is 10.1. The summed E-state index contributed by atoms with van der Waals surface area (Å²) in [5, 5.41) is 2.52. The molecule has 1 heterocycles. The third-order valence-electron chi connectivity index (χ3n) is 2.46. The predicted molar refractivity (Wildman–Crippen MR) is 56.4 cm³/mol. The molecule has 0 spiro atoms. The van der Waals surface area contributed by atoms with E-state index in [2.05, 4.69) is 10.1 Å². The standard InChI is InChI=1S/C9H15NO5S/c1-15-8(11)2-4-10-9(12)7-3-5-16(13,14)6-7/h7H,2-6H2,1H3,(H,10,12). The molecule has 0 saturated carbocycles. The fraction of sp³-hybridized carbons (Fsp3) is 0.778. The van der Waals surface area contributed by atoms with Gasteiger partial charge < -0.3 is 10.1 Å². The van der Waals surface area contributed by atoms with E-state index in [1.165, 1.54) is 7.11 Å². The highest BCUT2D eigenvalue weighted by Gasteiger charge is 2.32. The predicted octanol–water partition coefficient (Wildman–Crippen LogP) is -0.900. The molecular formula is C9H15NO5S. The molecule has 1 unspecified atom stereocenters. The van der Waals surface area contributed by atoms with Crippen LogP contribution in [-0.4, -0.2) is 45.5 Å². The van der Waals surface area contributed by atoms with E-state index in [4.69, 9.17) is 0 Å². The number of hydrogen-bond acceptors (Lipinski definition) is 5. The van der Waals surface area contributed by atoms with Gasteiger partial charge in [-0.2, -0.15) is 0 Å². The van der Waals surface area contributed by atoms with Gasteiger partial charge in [0.25, 0.3) is 0 Å². The van der Waals surface area contributed by atoms with Gasteiger partial charge in [-0.25, -0.2) is 8.42 Å². The molecule has 1 aliphatic heterocycles. The molecule has 1 atom stereocenters. The summed E-state index contributed by atoms with van der Waals surface area (Å²) in [6.07, 6.45) is 0.466. The summed E-state index contributed by atoms with van der Waals surface area (Å²) < 4.78 is 26.6. The summed E-state index contributed by atoms with van der Waals surface area (Å²) >= 11 is 0. The molecule has 0 aromatic rings. The van der Waals surface area contributed by atoms with E-state index in [-0.39, 0.29) is 30.4 Å². The molecule has 92 valence electrons. The highest BCUT2D eigenvalue weighted by Crippen LogP contribution is 2.18. The first-order chi connectivity index (χ1) is 7.44. The van der Waals surface area contributed by atoms with E-state index in [1.54, 1.807) is 0 Å². The smallest absolute Gasteiger partial charge is 0.307 e. The van der Waals surface area contributed by atoms with Gasteiger partial charge in [0.15, 0.2) is 9.84 Å². The quantitative estimate of drug-likeness (QED) is 0.652. The Kier molecular flexibility index (Phi) is 4.28. The molecule has 16 heavy (non-hydrogen) atoms. The van der Waals surface area contributed by atoms with Crippen molar-refractivity contribution in [3.05, 3.63) is 0 Å². The molecule has 0 aromatic carbocycles. The Balaban J connectivity index is 2.29.